The largest absolute Gasteiger partial charge is 0.347 e. The van der Waals surface area contributed by atoms with Gasteiger partial charge in [0.1, 0.15) is 0 Å². The van der Waals surface area contributed by atoms with Gasteiger partial charge in [-0.2, -0.15) is 0 Å². The van der Waals surface area contributed by atoms with Gasteiger partial charge in [0.15, 0.2) is 0 Å². The Morgan fingerprint density at radius 1 is 1.05 bits per heavy atom. The van der Waals surface area contributed by atoms with E-state index in [-0.39, 0.29) is 36.2 Å². The van der Waals surface area contributed by atoms with Crippen LogP contribution in [0, 0.1) is 5.41 Å². The lowest BCUT2D eigenvalue weighted by Crippen LogP contribution is -2.42. The summed E-state index contributed by atoms with van der Waals surface area (Å²) in [4.78, 5) is 26.9. The van der Waals surface area contributed by atoms with E-state index in [0.717, 1.165) is 25.7 Å². The molecular formula is C14H28ClN3O2. The summed E-state index contributed by atoms with van der Waals surface area (Å²) in [6.45, 7) is 0.709. The quantitative estimate of drug-likeness (QED) is 0.831. The van der Waals surface area contributed by atoms with Gasteiger partial charge in [-0.15, -0.1) is 12.4 Å². The van der Waals surface area contributed by atoms with Gasteiger partial charge in [-0.25, -0.2) is 0 Å². The number of nitrogens with two attached hydrogens (primary N) is 1. The molecule has 0 aromatic carbocycles. The predicted molar refractivity (Wildman–Crippen MR) is 82.8 cm³/mol. The van der Waals surface area contributed by atoms with Gasteiger partial charge < -0.3 is 15.5 Å². The molecule has 0 aliphatic heterocycles. The second kappa shape index (κ2) is 8.47. The summed E-state index contributed by atoms with van der Waals surface area (Å²) in [5.74, 6) is -0.0242. The van der Waals surface area contributed by atoms with Gasteiger partial charge in [0.05, 0.1) is 6.54 Å². The highest BCUT2D eigenvalue weighted by Crippen LogP contribution is 2.38. The number of likely N-dealkylation sites (N-methyl/N-ethyl adjacent to an activating group) is 2. The van der Waals surface area contributed by atoms with Crippen LogP contribution in [0.1, 0.15) is 38.5 Å². The molecular weight excluding hydrogens is 278 g/mol. The van der Waals surface area contributed by atoms with E-state index in [1.165, 1.54) is 16.2 Å². The molecule has 0 radical (unpaired) electrons. The first-order chi connectivity index (χ1) is 8.90. The molecule has 20 heavy (non-hydrogen) atoms. The van der Waals surface area contributed by atoms with E-state index in [4.69, 9.17) is 5.73 Å². The molecule has 0 aromatic rings. The normalized spacial score (nSPS) is 17.0. The second-order valence-corrected chi connectivity index (χ2v) is 5.98. The maximum absolute atomic E-state index is 12.2. The summed E-state index contributed by atoms with van der Waals surface area (Å²) in [5, 5.41) is 0. The minimum absolute atomic E-state index is 0. The Morgan fingerprint density at radius 3 is 2.05 bits per heavy atom. The third-order valence-electron chi connectivity index (χ3n) is 4.17. The molecule has 0 heterocycles. The second-order valence-electron chi connectivity index (χ2n) is 5.98. The van der Waals surface area contributed by atoms with Crippen molar-refractivity contribution in [3.8, 4) is 0 Å². The molecule has 2 N–H and O–H groups in total. The van der Waals surface area contributed by atoms with Crippen molar-refractivity contribution < 1.29 is 9.59 Å². The summed E-state index contributed by atoms with van der Waals surface area (Å²) < 4.78 is 0. The lowest BCUT2D eigenvalue weighted by Gasteiger charge is -2.36. The molecule has 1 aliphatic rings. The van der Waals surface area contributed by atoms with Crippen LogP contribution in [0.5, 0.6) is 0 Å². The molecule has 2 amide bonds. The fraction of sp³-hybridized carbons (Fsp3) is 0.857. The Kier molecular flexibility index (Phi) is 8.13. The molecule has 0 atom stereocenters. The van der Waals surface area contributed by atoms with Crippen molar-refractivity contribution >= 4 is 24.2 Å². The molecule has 1 aliphatic carbocycles. The monoisotopic (exact) mass is 305 g/mol. The van der Waals surface area contributed by atoms with Crippen molar-refractivity contribution in [2.45, 2.75) is 38.5 Å². The number of halogens is 1. The van der Waals surface area contributed by atoms with Gasteiger partial charge in [0.2, 0.25) is 11.8 Å². The van der Waals surface area contributed by atoms with Crippen LogP contribution in [0.2, 0.25) is 0 Å². The predicted octanol–water partition coefficient (Wildman–Crippen LogP) is 1.25. The van der Waals surface area contributed by atoms with Crippen LogP contribution in [0.25, 0.3) is 0 Å². The first kappa shape index (κ1) is 19.2. The molecule has 1 saturated carbocycles. The Morgan fingerprint density at radius 2 is 1.60 bits per heavy atom. The van der Waals surface area contributed by atoms with Gasteiger partial charge in [-0.3, -0.25) is 9.59 Å². The van der Waals surface area contributed by atoms with Gasteiger partial charge in [-0.05, 0) is 24.8 Å². The van der Waals surface area contributed by atoms with Crippen LogP contribution >= 0.6 is 12.4 Å². The van der Waals surface area contributed by atoms with Gasteiger partial charge in [-0.1, -0.05) is 19.3 Å². The average molecular weight is 306 g/mol. The zero-order chi connectivity index (χ0) is 14.5. The smallest absolute Gasteiger partial charge is 0.241 e. The Labute approximate surface area is 128 Å². The highest BCUT2D eigenvalue weighted by molar-refractivity contribution is 5.85. The van der Waals surface area contributed by atoms with Crippen LogP contribution in [-0.4, -0.2) is 55.8 Å². The van der Waals surface area contributed by atoms with Crippen LogP contribution in [-0.2, 0) is 9.59 Å². The fourth-order valence-electron chi connectivity index (χ4n) is 2.64. The van der Waals surface area contributed by atoms with E-state index < -0.39 is 0 Å². The highest BCUT2D eigenvalue weighted by atomic mass is 35.5. The number of nitrogens with zero attached hydrogens (tertiary/aromatic N) is 2. The van der Waals surface area contributed by atoms with E-state index in [2.05, 4.69) is 0 Å². The minimum Gasteiger partial charge on any atom is -0.347 e. The van der Waals surface area contributed by atoms with Crippen molar-refractivity contribution in [3.05, 3.63) is 0 Å². The van der Waals surface area contributed by atoms with Gasteiger partial charge >= 0.3 is 0 Å². The number of carbonyl (C=O) groups excluding carboxylic acids is 2. The van der Waals surface area contributed by atoms with Crippen molar-refractivity contribution in [2.24, 2.45) is 11.1 Å². The summed E-state index contributed by atoms with van der Waals surface area (Å²) in [5.41, 5.74) is 5.85. The summed E-state index contributed by atoms with van der Waals surface area (Å²) >= 11 is 0. The SMILES string of the molecule is CN(C)C(=O)CN(C)C(=O)CC1(CN)CCCCC1.Cl. The summed E-state index contributed by atoms with van der Waals surface area (Å²) in [7, 11) is 5.09. The van der Waals surface area contributed by atoms with Crippen LogP contribution < -0.4 is 5.73 Å². The molecule has 1 fully saturated rings. The lowest BCUT2D eigenvalue weighted by atomic mass is 9.71. The van der Waals surface area contributed by atoms with Crippen molar-refractivity contribution in [2.75, 3.05) is 34.2 Å². The highest BCUT2D eigenvalue weighted by Gasteiger charge is 2.34. The Bertz CT molecular complexity index is 328. The lowest BCUT2D eigenvalue weighted by molar-refractivity contribution is -0.139. The molecule has 0 unspecified atom stereocenters. The molecule has 0 aromatic heterocycles. The van der Waals surface area contributed by atoms with E-state index in [9.17, 15) is 9.59 Å². The fourth-order valence-corrected chi connectivity index (χ4v) is 2.64. The molecule has 0 spiro atoms. The molecule has 5 nitrogen and oxygen atoms in total. The molecule has 6 heteroatoms. The first-order valence-corrected chi connectivity index (χ1v) is 7.04. The average Bonchev–Trinajstić information content (AvgIpc) is 2.39. The van der Waals surface area contributed by atoms with Crippen LogP contribution in [0.4, 0.5) is 0 Å². The van der Waals surface area contributed by atoms with Crippen molar-refractivity contribution in [1.82, 2.24) is 9.80 Å². The van der Waals surface area contributed by atoms with Gasteiger partial charge in [0, 0.05) is 27.6 Å². The maximum atomic E-state index is 12.2. The number of carbonyl (C=O) groups is 2. The minimum atomic E-state index is -0.0544. The van der Waals surface area contributed by atoms with E-state index in [1.807, 2.05) is 0 Å². The third kappa shape index (κ3) is 5.29. The third-order valence-corrected chi connectivity index (χ3v) is 4.17. The zero-order valence-electron chi connectivity index (χ0n) is 12.9. The van der Waals surface area contributed by atoms with Crippen molar-refractivity contribution in [3.63, 3.8) is 0 Å². The van der Waals surface area contributed by atoms with E-state index in [0.29, 0.717) is 13.0 Å². The standard InChI is InChI=1S/C14H27N3O2.ClH/c1-16(2)13(19)10-17(3)12(18)9-14(11-15)7-5-4-6-8-14;/h4-11,15H2,1-3H3;1H. The van der Waals surface area contributed by atoms with E-state index in [1.54, 1.807) is 21.1 Å². The van der Waals surface area contributed by atoms with Crippen LogP contribution in [0.3, 0.4) is 0 Å². The topological polar surface area (TPSA) is 66.6 Å². The molecule has 0 bridgehead atoms. The first-order valence-electron chi connectivity index (χ1n) is 7.04. The Hall–Kier alpha value is -0.810. The molecule has 0 saturated heterocycles. The number of hydrogen-bond donors (Lipinski definition) is 1. The summed E-state index contributed by atoms with van der Waals surface area (Å²) in [6.07, 6.45) is 6.09. The van der Waals surface area contributed by atoms with E-state index >= 15 is 0 Å². The zero-order valence-corrected chi connectivity index (χ0v) is 13.7. The number of hydrogen-bond acceptors (Lipinski definition) is 3. The van der Waals surface area contributed by atoms with Crippen LogP contribution in [0.15, 0.2) is 0 Å². The molecule has 118 valence electrons. The van der Waals surface area contributed by atoms with Gasteiger partial charge in [0.25, 0.3) is 0 Å². The Balaban J connectivity index is 0.00000361. The maximum Gasteiger partial charge on any atom is 0.241 e. The summed E-state index contributed by atoms with van der Waals surface area (Å²) in [6, 6.07) is 0. The number of amides is 2. The number of rotatable bonds is 5. The molecule has 1 rings (SSSR count). The van der Waals surface area contributed by atoms with Crippen molar-refractivity contribution in [1.29, 1.82) is 0 Å².